The molecule has 2 aliphatic heterocycles. The fraction of sp³-hybridized carbons (Fsp3) is 0.875. The second-order valence-electron chi connectivity index (χ2n) is 6.66. The molecule has 2 amide bonds. The fourth-order valence-electron chi connectivity index (χ4n) is 3.48. The van der Waals surface area contributed by atoms with Gasteiger partial charge in [0, 0.05) is 38.0 Å². The molecule has 114 valence electrons. The lowest BCUT2D eigenvalue weighted by atomic mass is 9.92. The van der Waals surface area contributed by atoms with Crippen LogP contribution in [0.2, 0.25) is 0 Å². The van der Waals surface area contributed by atoms with Gasteiger partial charge in [-0.1, -0.05) is 13.8 Å². The smallest absolute Gasteiger partial charge is 0.225 e. The van der Waals surface area contributed by atoms with Crippen molar-refractivity contribution in [2.75, 3.05) is 20.1 Å². The van der Waals surface area contributed by atoms with Gasteiger partial charge in [-0.15, -0.1) is 0 Å². The highest BCUT2D eigenvalue weighted by Crippen LogP contribution is 2.27. The molecular weight excluding hydrogens is 252 g/mol. The minimum Gasteiger partial charge on any atom is -0.345 e. The van der Waals surface area contributed by atoms with Crippen LogP contribution in [0.15, 0.2) is 0 Å². The summed E-state index contributed by atoms with van der Waals surface area (Å²) in [6.07, 6.45) is 6.36. The van der Waals surface area contributed by atoms with Crippen molar-refractivity contribution in [3.63, 3.8) is 0 Å². The third-order valence-corrected chi connectivity index (χ3v) is 4.79. The fourth-order valence-corrected chi connectivity index (χ4v) is 3.48. The minimum absolute atomic E-state index is 0.0786. The molecule has 0 bridgehead atoms. The molecule has 0 aromatic carbocycles. The van der Waals surface area contributed by atoms with Gasteiger partial charge in [-0.05, 0) is 38.5 Å². The Hall–Kier alpha value is -1.06. The third-order valence-electron chi connectivity index (χ3n) is 4.79. The van der Waals surface area contributed by atoms with Gasteiger partial charge in [0.05, 0.1) is 0 Å². The summed E-state index contributed by atoms with van der Waals surface area (Å²) >= 11 is 0. The zero-order valence-electron chi connectivity index (χ0n) is 13.1. The number of likely N-dealkylation sites (tertiary alicyclic amines) is 2. The van der Waals surface area contributed by atoms with Gasteiger partial charge in [-0.3, -0.25) is 9.59 Å². The molecule has 20 heavy (non-hydrogen) atoms. The SMILES string of the molecule is CC(C)C(=O)N1CCCCC1CCC1CCN(C)C1=O. The first-order valence-corrected chi connectivity index (χ1v) is 8.06. The number of hydrogen-bond acceptors (Lipinski definition) is 2. The molecule has 0 N–H and O–H groups in total. The first-order chi connectivity index (χ1) is 9.50. The van der Waals surface area contributed by atoms with E-state index in [0.717, 1.165) is 45.2 Å². The van der Waals surface area contributed by atoms with Crippen molar-refractivity contribution in [2.45, 2.75) is 58.4 Å². The van der Waals surface area contributed by atoms with Crippen molar-refractivity contribution in [3.05, 3.63) is 0 Å². The number of carbonyl (C=O) groups excluding carboxylic acids is 2. The second-order valence-corrected chi connectivity index (χ2v) is 6.66. The molecule has 4 nitrogen and oxygen atoms in total. The van der Waals surface area contributed by atoms with Crippen LogP contribution in [0.4, 0.5) is 0 Å². The van der Waals surface area contributed by atoms with Crippen LogP contribution in [0.25, 0.3) is 0 Å². The molecule has 2 atom stereocenters. The van der Waals surface area contributed by atoms with E-state index in [2.05, 4.69) is 4.90 Å². The Bertz CT molecular complexity index is 367. The number of amides is 2. The largest absolute Gasteiger partial charge is 0.345 e. The maximum Gasteiger partial charge on any atom is 0.225 e. The number of rotatable bonds is 4. The molecule has 0 aromatic heterocycles. The van der Waals surface area contributed by atoms with Gasteiger partial charge in [0.25, 0.3) is 0 Å². The molecule has 0 saturated carbocycles. The topological polar surface area (TPSA) is 40.6 Å². The van der Waals surface area contributed by atoms with Crippen molar-refractivity contribution < 1.29 is 9.59 Å². The first-order valence-electron chi connectivity index (χ1n) is 8.06. The summed E-state index contributed by atoms with van der Waals surface area (Å²) in [4.78, 5) is 28.1. The average Bonchev–Trinajstić information content (AvgIpc) is 2.76. The predicted octanol–water partition coefficient (Wildman–Crippen LogP) is 2.28. The van der Waals surface area contributed by atoms with E-state index in [-0.39, 0.29) is 17.7 Å². The Labute approximate surface area is 122 Å². The Morgan fingerprint density at radius 3 is 2.55 bits per heavy atom. The Morgan fingerprint density at radius 1 is 1.20 bits per heavy atom. The van der Waals surface area contributed by atoms with Crippen LogP contribution in [-0.4, -0.2) is 47.8 Å². The molecule has 0 spiro atoms. The van der Waals surface area contributed by atoms with E-state index in [4.69, 9.17) is 0 Å². The highest BCUT2D eigenvalue weighted by atomic mass is 16.2. The summed E-state index contributed by atoms with van der Waals surface area (Å²) in [7, 11) is 1.89. The third kappa shape index (κ3) is 3.33. The molecule has 2 unspecified atom stereocenters. The van der Waals surface area contributed by atoms with Crippen molar-refractivity contribution in [1.82, 2.24) is 9.80 Å². The Balaban J connectivity index is 1.89. The molecular formula is C16H28N2O2. The highest BCUT2D eigenvalue weighted by Gasteiger charge is 2.32. The molecule has 0 aliphatic carbocycles. The van der Waals surface area contributed by atoms with Gasteiger partial charge in [0.1, 0.15) is 0 Å². The molecule has 2 saturated heterocycles. The van der Waals surface area contributed by atoms with Crippen molar-refractivity contribution in [3.8, 4) is 0 Å². The van der Waals surface area contributed by atoms with Gasteiger partial charge in [0.2, 0.25) is 11.8 Å². The van der Waals surface area contributed by atoms with E-state index in [9.17, 15) is 9.59 Å². The number of carbonyl (C=O) groups is 2. The van der Waals surface area contributed by atoms with Crippen LogP contribution in [0.1, 0.15) is 52.4 Å². The maximum atomic E-state index is 12.3. The molecule has 2 heterocycles. The maximum absolute atomic E-state index is 12.3. The molecule has 0 radical (unpaired) electrons. The quantitative estimate of drug-likeness (QED) is 0.792. The minimum atomic E-state index is 0.0786. The van der Waals surface area contributed by atoms with E-state index < -0.39 is 0 Å². The second kappa shape index (κ2) is 6.59. The van der Waals surface area contributed by atoms with E-state index in [1.807, 2.05) is 25.8 Å². The van der Waals surface area contributed by atoms with E-state index in [1.165, 1.54) is 6.42 Å². The number of piperidine rings is 1. The van der Waals surface area contributed by atoms with Gasteiger partial charge in [0.15, 0.2) is 0 Å². The normalized spacial score (nSPS) is 27.5. The first kappa shape index (κ1) is 15.3. The molecule has 2 aliphatic rings. The van der Waals surface area contributed by atoms with Gasteiger partial charge < -0.3 is 9.80 Å². The van der Waals surface area contributed by atoms with Crippen LogP contribution < -0.4 is 0 Å². The van der Waals surface area contributed by atoms with Crippen molar-refractivity contribution in [2.24, 2.45) is 11.8 Å². The lowest BCUT2D eigenvalue weighted by Gasteiger charge is -2.37. The number of hydrogen-bond donors (Lipinski definition) is 0. The van der Waals surface area contributed by atoms with E-state index in [0.29, 0.717) is 11.9 Å². The van der Waals surface area contributed by atoms with Crippen molar-refractivity contribution >= 4 is 11.8 Å². The molecule has 0 aromatic rings. The van der Waals surface area contributed by atoms with Crippen LogP contribution in [-0.2, 0) is 9.59 Å². The van der Waals surface area contributed by atoms with Gasteiger partial charge in [-0.2, -0.15) is 0 Å². The zero-order valence-corrected chi connectivity index (χ0v) is 13.1. The van der Waals surface area contributed by atoms with Crippen LogP contribution in [0, 0.1) is 11.8 Å². The van der Waals surface area contributed by atoms with Crippen molar-refractivity contribution in [1.29, 1.82) is 0 Å². The summed E-state index contributed by atoms with van der Waals surface area (Å²) in [6.45, 7) is 5.75. The van der Waals surface area contributed by atoms with E-state index in [1.54, 1.807) is 0 Å². The van der Waals surface area contributed by atoms with Crippen LogP contribution >= 0.6 is 0 Å². The monoisotopic (exact) mass is 280 g/mol. The standard InChI is InChI=1S/C16H28N2O2/c1-12(2)15(19)18-10-5-4-6-14(18)8-7-13-9-11-17(3)16(13)20/h12-14H,4-11H2,1-3H3. The van der Waals surface area contributed by atoms with Crippen LogP contribution in [0.5, 0.6) is 0 Å². The zero-order chi connectivity index (χ0) is 14.7. The summed E-state index contributed by atoms with van der Waals surface area (Å²) in [5, 5.41) is 0. The van der Waals surface area contributed by atoms with E-state index >= 15 is 0 Å². The van der Waals surface area contributed by atoms with Crippen LogP contribution in [0.3, 0.4) is 0 Å². The molecule has 2 fully saturated rings. The summed E-state index contributed by atoms with van der Waals surface area (Å²) in [5.74, 6) is 0.847. The lowest BCUT2D eigenvalue weighted by Crippen LogP contribution is -2.45. The Morgan fingerprint density at radius 2 is 1.95 bits per heavy atom. The number of nitrogens with zero attached hydrogens (tertiary/aromatic N) is 2. The van der Waals surface area contributed by atoms with Gasteiger partial charge >= 0.3 is 0 Å². The lowest BCUT2D eigenvalue weighted by molar-refractivity contribution is -0.138. The summed E-state index contributed by atoms with van der Waals surface area (Å²) in [6, 6.07) is 0.359. The average molecular weight is 280 g/mol. The summed E-state index contributed by atoms with van der Waals surface area (Å²) in [5.41, 5.74) is 0. The molecule has 2 rings (SSSR count). The summed E-state index contributed by atoms with van der Waals surface area (Å²) < 4.78 is 0. The molecule has 4 heteroatoms. The Kier molecular flexibility index (Phi) is 5.06. The highest BCUT2D eigenvalue weighted by molar-refractivity contribution is 5.80. The predicted molar refractivity (Wildman–Crippen MR) is 79.2 cm³/mol. The van der Waals surface area contributed by atoms with Gasteiger partial charge in [-0.25, -0.2) is 0 Å².